The molecule has 1 unspecified atom stereocenters. The van der Waals surface area contributed by atoms with Crippen LogP contribution in [0.4, 0.5) is 0 Å². The maximum Gasteiger partial charge on any atom is 0.338 e. The highest BCUT2D eigenvalue weighted by Crippen LogP contribution is 2.30. The zero-order valence-corrected chi connectivity index (χ0v) is 19.9. The summed E-state index contributed by atoms with van der Waals surface area (Å²) in [6.45, 7) is 0.796. The van der Waals surface area contributed by atoms with Crippen molar-refractivity contribution in [2.45, 2.75) is 31.5 Å². The van der Waals surface area contributed by atoms with Crippen molar-refractivity contribution in [1.29, 1.82) is 0 Å². The number of rotatable bonds is 8. The summed E-state index contributed by atoms with van der Waals surface area (Å²) in [5, 5.41) is 0. The Labute approximate surface area is 212 Å². The molecular weight excluding hydrogens is 480 g/mol. The van der Waals surface area contributed by atoms with E-state index in [1.807, 2.05) is 0 Å². The molecule has 0 amide bonds. The summed E-state index contributed by atoms with van der Waals surface area (Å²) >= 11 is 0. The van der Waals surface area contributed by atoms with E-state index in [9.17, 15) is 19.2 Å². The molecule has 1 fully saturated rings. The first-order valence-electron chi connectivity index (χ1n) is 11.5. The lowest BCUT2D eigenvalue weighted by Gasteiger charge is -2.24. The summed E-state index contributed by atoms with van der Waals surface area (Å²) in [5.74, 6) is -2.81. The first kappa shape index (κ1) is 25.6. The monoisotopic (exact) mass is 504 g/mol. The zero-order valence-electron chi connectivity index (χ0n) is 19.9. The van der Waals surface area contributed by atoms with Crippen molar-refractivity contribution >= 4 is 23.9 Å². The molecule has 1 aliphatic rings. The molecule has 0 spiro atoms. The molecule has 190 valence electrons. The van der Waals surface area contributed by atoms with E-state index >= 15 is 0 Å². The second kappa shape index (κ2) is 12.0. The summed E-state index contributed by atoms with van der Waals surface area (Å²) < 4.78 is 27.7. The number of hydrogen-bond acceptors (Lipinski definition) is 9. The molecule has 0 aliphatic carbocycles. The molecule has 0 N–H and O–H groups in total. The molecule has 4 atom stereocenters. The summed E-state index contributed by atoms with van der Waals surface area (Å²) in [4.78, 5) is 50.0. The highest BCUT2D eigenvalue weighted by atomic mass is 16.8. The van der Waals surface area contributed by atoms with E-state index in [0.717, 1.165) is 6.92 Å². The lowest BCUT2D eigenvalue weighted by Crippen LogP contribution is -2.42. The summed E-state index contributed by atoms with van der Waals surface area (Å²) in [5.41, 5.74) is 0.782. The summed E-state index contributed by atoms with van der Waals surface area (Å²) in [6, 6.07) is 24.6. The number of carbonyl (C=O) groups is 4. The van der Waals surface area contributed by atoms with E-state index in [4.69, 9.17) is 23.7 Å². The Kier molecular flexibility index (Phi) is 8.27. The van der Waals surface area contributed by atoms with Crippen molar-refractivity contribution in [2.75, 3.05) is 6.61 Å². The van der Waals surface area contributed by atoms with Crippen molar-refractivity contribution in [3.8, 4) is 0 Å². The van der Waals surface area contributed by atoms with Gasteiger partial charge in [0.05, 0.1) is 16.7 Å². The Hall–Kier alpha value is -4.50. The minimum absolute atomic E-state index is 0.233. The minimum Gasteiger partial charge on any atom is -0.459 e. The predicted octanol–water partition coefficient (Wildman–Crippen LogP) is 3.58. The number of hydrogen-bond donors (Lipinski definition) is 0. The topological polar surface area (TPSA) is 114 Å². The van der Waals surface area contributed by atoms with Gasteiger partial charge < -0.3 is 23.7 Å². The third-order valence-electron chi connectivity index (χ3n) is 5.44. The molecule has 0 aromatic heterocycles. The van der Waals surface area contributed by atoms with Crippen LogP contribution in [-0.4, -0.2) is 55.1 Å². The van der Waals surface area contributed by atoms with Crippen LogP contribution in [0.15, 0.2) is 91.0 Å². The van der Waals surface area contributed by atoms with Gasteiger partial charge in [-0.05, 0) is 36.4 Å². The Morgan fingerprint density at radius 1 is 0.622 bits per heavy atom. The van der Waals surface area contributed by atoms with Gasteiger partial charge in [-0.25, -0.2) is 14.4 Å². The molecule has 9 heteroatoms. The molecule has 1 heterocycles. The van der Waals surface area contributed by atoms with Crippen molar-refractivity contribution in [1.82, 2.24) is 0 Å². The van der Waals surface area contributed by atoms with E-state index in [0.29, 0.717) is 5.56 Å². The van der Waals surface area contributed by atoms with Crippen molar-refractivity contribution in [3.63, 3.8) is 0 Å². The average Bonchev–Trinajstić information content (AvgIpc) is 3.23. The largest absolute Gasteiger partial charge is 0.459 e. The quantitative estimate of drug-likeness (QED) is 0.335. The second-order valence-electron chi connectivity index (χ2n) is 8.09. The molecule has 1 aliphatic heterocycles. The number of carbonyl (C=O) groups excluding carboxylic acids is 4. The standard InChI is InChI=1S/C28H24O9/c1-18(29)34-28-24(37-27(32)21-15-9-4-10-16-21)23(36-26(31)20-13-7-3-8-14-20)22(35-28)17-33-25(30)19-11-5-2-6-12-19/h2-16,22-24,28H,17H2,1H3/t22-,23?,24-,28-/m0/s1. The summed E-state index contributed by atoms with van der Waals surface area (Å²) in [7, 11) is 0. The Bertz CT molecular complexity index is 1230. The van der Waals surface area contributed by atoms with Crippen LogP contribution < -0.4 is 0 Å². The van der Waals surface area contributed by atoms with E-state index in [-0.39, 0.29) is 17.7 Å². The maximum atomic E-state index is 12.9. The van der Waals surface area contributed by atoms with Crippen LogP contribution >= 0.6 is 0 Å². The van der Waals surface area contributed by atoms with Gasteiger partial charge in [0.15, 0.2) is 6.10 Å². The lowest BCUT2D eigenvalue weighted by atomic mass is 10.1. The molecule has 3 aromatic carbocycles. The second-order valence-corrected chi connectivity index (χ2v) is 8.09. The minimum atomic E-state index is -1.40. The fraction of sp³-hybridized carbons (Fsp3) is 0.214. The molecular formula is C28H24O9. The van der Waals surface area contributed by atoms with Gasteiger partial charge in [0, 0.05) is 6.92 Å². The Balaban J connectivity index is 1.58. The summed E-state index contributed by atoms with van der Waals surface area (Å²) in [6.07, 6.45) is -5.09. The maximum absolute atomic E-state index is 12.9. The van der Waals surface area contributed by atoms with Gasteiger partial charge in [-0.3, -0.25) is 4.79 Å². The van der Waals surface area contributed by atoms with Gasteiger partial charge >= 0.3 is 23.9 Å². The van der Waals surface area contributed by atoms with Crippen LogP contribution in [0.1, 0.15) is 38.0 Å². The molecule has 0 bridgehead atoms. The van der Waals surface area contributed by atoms with Crippen LogP contribution in [0.2, 0.25) is 0 Å². The molecule has 37 heavy (non-hydrogen) atoms. The first-order valence-corrected chi connectivity index (χ1v) is 11.5. The van der Waals surface area contributed by atoms with E-state index in [1.54, 1.807) is 91.0 Å². The predicted molar refractivity (Wildman–Crippen MR) is 128 cm³/mol. The normalized spacial score (nSPS) is 20.5. The number of ether oxygens (including phenoxy) is 5. The third kappa shape index (κ3) is 6.59. The van der Waals surface area contributed by atoms with Gasteiger partial charge in [-0.2, -0.15) is 0 Å². The van der Waals surface area contributed by atoms with Gasteiger partial charge in [-0.15, -0.1) is 0 Å². The fourth-order valence-corrected chi connectivity index (χ4v) is 3.70. The van der Waals surface area contributed by atoms with Crippen LogP contribution in [-0.2, 0) is 28.5 Å². The molecule has 1 saturated heterocycles. The third-order valence-corrected chi connectivity index (χ3v) is 5.44. The van der Waals surface area contributed by atoms with Gasteiger partial charge in [0.2, 0.25) is 12.4 Å². The molecule has 0 saturated carbocycles. The van der Waals surface area contributed by atoms with E-state index in [1.165, 1.54) is 0 Å². The highest BCUT2D eigenvalue weighted by molar-refractivity contribution is 5.91. The van der Waals surface area contributed by atoms with Crippen LogP contribution in [0.25, 0.3) is 0 Å². The van der Waals surface area contributed by atoms with E-state index in [2.05, 4.69) is 0 Å². The number of benzene rings is 3. The lowest BCUT2D eigenvalue weighted by molar-refractivity contribution is -0.187. The molecule has 4 rings (SSSR count). The van der Waals surface area contributed by atoms with Gasteiger partial charge in [0.25, 0.3) is 0 Å². The Morgan fingerprint density at radius 3 is 1.51 bits per heavy atom. The van der Waals surface area contributed by atoms with Crippen molar-refractivity contribution in [3.05, 3.63) is 108 Å². The van der Waals surface area contributed by atoms with Gasteiger partial charge in [-0.1, -0.05) is 54.6 Å². The smallest absolute Gasteiger partial charge is 0.338 e. The first-order chi connectivity index (χ1) is 17.9. The van der Waals surface area contributed by atoms with Crippen molar-refractivity contribution < 1.29 is 42.9 Å². The average molecular weight is 504 g/mol. The molecule has 3 aromatic rings. The zero-order chi connectivity index (χ0) is 26.2. The van der Waals surface area contributed by atoms with Crippen LogP contribution in [0, 0.1) is 0 Å². The van der Waals surface area contributed by atoms with Crippen LogP contribution in [0.3, 0.4) is 0 Å². The molecule has 0 radical (unpaired) electrons. The highest BCUT2D eigenvalue weighted by Gasteiger charge is 2.52. The van der Waals surface area contributed by atoms with Crippen LogP contribution in [0.5, 0.6) is 0 Å². The SMILES string of the molecule is CC(=O)O[C@H]1O[C@@H](COC(=O)c2ccccc2)C(OC(=O)c2ccccc2)[C@@H]1OC(=O)c1ccccc1. The molecule has 9 nitrogen and oxygen atoms in total. The van der Waals surface area contributed by atoms with Crippen molar-refractivity contribution in [2.24, 2.45) is 0 Å². The fourth-order valence-electron chi connectivity index (χ4n) is 3.70. The van der Waals surface area contributed by atoms with Gasteiger partial charge in [0.1, 0.15) is 12.7 Å². The van der Waals surface area contributed by atoms with E-state index < -0.39 is 48.5 Å². The number of esters is 4. The Morgan fingerprint density at radius 2 is 1.05 bits per heavy atom.